The van der Waals surface area contributed by atoms with Crippen LogP contribution in [0, 0.1) is 17.8 Å². The summed E-state index contributed by atoms with van der Waals surface area (Å²) in [7, 11) is 0. The normalized spacial score (nSPS) is 17.9. The van der Waals surface area contributed by atoms with Crippen molar-refractivity contribution in [2.45, 2.75) is 33.2 Å². The molecule has 0 bridgehead atoms. The fourth-order valence-electron chi connectivity index (χ4n) is 1.42. The summed E-state index contributed by atoms with van der Waals surface area (Å²) in [5.41, 5.74) is 0.420. The second kappa shape index (κ2) is 5.09. The predicted molar refractivity (Wildman–Crippen MR) is 65.6 cm³/mol. The Kier molecular flexibility index (Phi) is 4.34. The van der Waals surface area contributed by atoms with Gasteiger partial charge in [0.15, 0.2) is 0 Å². The van der Waals surface area contributed by atoms with Crippen molar-refractivity contribution in [3.8, 4) is 12.3 Å². The van der Waals surface area contributed by atoms with E-state index < -0.39 is 0 Å². The lowest BCUT2D eigenvalue weighted by Crippen LogP contribution is -2.45. The van der Waals surface area contributed by atoms with E-state index in [2.05, 4.69) is 31.6 Å². The summed E-state index contributed by atoms with van der Waals surface area (Å²) in [5.74, 6) is 5.31. The van der Waals surface area contributed by atoms with Gasteiger partial charge in [-0.25, -0.2) is 0 Å². The van der Waals surface area contributed by atoms with Crippen LogP contribution >= 0.6 is 11.8 Å². The molecule has 0 atom stereocenters. The van der Waals surface area contributed by atoms with E-state index in [1.54, 1.807) is 0 Å². The highest BCUT2D eigenvalue weighted by atomic mass is 32.2. The van der Waals surface area contributed by atoms with Crippen LogP contribution in [0.15, 0.2) is 0 Å². The molecule has 2 heteroatoms. The Hall–Kier alpha value is -0.130. The summed E-state index contributed by atoms with van der Waals surface area (Å²) in [6, 6.07) is 0.749. The molecule has 1 nitrogen and oxygen atoms in total. The van der Waals surface area contributed by atoms with Crippen LogP contribution in [0.5, 0.6) is 0 Å². The van der Waals surface area contributed by atoms with Crippen LogP contribution in [0.2, 0.25) is 0 Å². The second-order valence-electron chi connectivity index (χ2n) is 5.18. The quantitative estimate of drug-likeness (QED) is 0.657. The van der Waals surface area contributed by atoms with E-state index in [0.717, 1.165) is 19.1 Å². The Morgan fingerprint density at radius 1 is 1.43 bits per heavy atom. The molecule has 1 aliphatic rings. The van der Waals surface area contributed by atoms with Gasteiger partial charge in [0.25, 0.3) is 0 Å². The molecule has 80 valence electrons. The molecule has 1 aliphatic heterocycles. The van der Waals surface area contributed by atoms with E-state index >= 15 is 0 Å². The Bertz CT molecular complexity index is 207. The van der Waals surface area contributed by atoms with E-state index in [9.17, 15) is 0 Å². The molecule has 1 heterocycles. The summed E-state index contributed by atoms with van der Waals surface area (Å²) < 4.78 is 0. The molecule has 0 aromatic heterocycles. The van der Waals surface area contributed by atoms with Gasteiger partial charge < -0.3 is 0 Å². The molecular formula is C12H21NS. The second-order valence-corrected chi connectivity index (χ2v) is 6.25. The highest BCUT2D eigenvalue weighted by molar-refractivity contribution is 8.00. The number of hydrogen-bond acceptors (Lipinski definition) is 2. The molecule has 0 aliphatic carbocycles. The van der Waals surface area contributed by atoms with Gasteiger partial charge in [-0.05, 0) is 18.4 Å². The van der Waals surface area contributed by atoms with Crippen LogP contribution in [-0.4, -0.2) is 35.5 Å². The third kappa shape index (κ3) is 3.94. The highest BCUT2D eigenvalue weighted by Gasteiger charge is 2.25. The molecule has 0 unspecified atom stereocenters. The summed E-state index contributed by atoms with van der Waals surface area (Å²) in [5, 5.41) is 0. The monoisotopic (exact) mass is 211 g/mol. The van der Waals surface area contributed by atoms with Crippen LogP contribution in [0.4, 0.5) is 0 Å². The van der Waals surface area contributed by atoms with E-state index in [0.29, 0.717) is 5.41 Å². The Labute approximate surface area is 92.6 Å². The number of hydrogen-bond donors (Lipinski definition) is 0. The minimum absolute atomic E-state index is 0.420. The maximum absolute atomic E-state index is 5.39. The van der Waals surface area contributed by atoms with Crippen molar-refractivity contribution in [2.24, 2.45) is 5.41 Å². The van der Waals surface area contributed by atoms with Gasteiger partial charge in [-0.1, -0.05) is 26.7 Å². The average molecular weight is 211 g/mol. The van der Waals surface area contributed by atoms with Crippen molar-refractivity contribution in [3.63, 3.8) is 0 Å². The lowest BCUT2D eigenvalue weighted by atomic mass is 9.92. The topological polar surface area (TPSA) is 3.24 Å². The molecule has 1 fully saturated rings. The molecule has 1 rings (SSSR count). The standard InChI is InChI=1S/C12H21NS/c1-5-7-13(11-9-14-10-11)8-6-12(2,3)4/h1,11H,6-10H2,2-4H3. The van der Waals surface area contributed by atoms with Crippen molar-refractivity contribution in [3.05, 3.63) is 0 Å². The maximum atomic E-state index is 5.39. The Balaban J connectivity index is 2.32. The van der Waals surface area contributed by atoms with Crippen molar-refractivity contribution in [1.29, 1.82) is 0 Å². The largest absolute Gasteiger partial charge is 0.288 e. The molecule has 0 saturated carbocycles. The van der Waals surface area contributed by atoms with Crippen molar-refractivity contribution in [1.82, 2.24) is 4.90 Å². The summed E-state index contributed by atoms with van der Waals surface area (Å²) in [6.45, 7) is 8.84. The average Bonchev–Trinajstić information content (AvgIpc) is 1.95. The Morgan fingerprint density at radius 2 is 2.07 bits per heavy atom. The van der Waals surface area contributed by atoms with Gasteiger partial charge in [0.2, 0.25) is 0 Å². The van der Waals surface area contributed by atoms with Gasteiger partial charge >= 0.3 is 0 Å². The maximum Gasteiger partial charge on any atom is 0.0601 e. The molecule has 0 spiro atoms. The summed E-state index contributed by atoms with van der Waals surface area (Å²) >= 11 is 2.02. The summed E-state index contributed by atoms with van der Waals surface area (Å²) in [4.78, 5) is 2.46. The SMILES string of the molecule is C#CCN(CCC(C)(C)C)C1CSC1. The molecule has 0 aromatic rings. The molecule has 1 saturated heterocycles. The first-order valence-corrected chi connectivity index (χ1v) is 6.43. The molecule has 0 aromatic carbocycles. The molecule has 14 heavy (non-hydrogen) atoms. The molecular weight excluding hydrogens is 190 g/mol. The predicted octanol–water partition coefficient (Wildman–Crippen LogP) is 2.47. The van der Waals surface area contributed by atoms with Gasteiger partial charge in [0.05, 0.1) is 6.54 Å². The number of rotatable bonds is 4. The van der Waals surface area contributed by atoms with Crippen LogP contribution in [0.25, 0.3) is 0 Å². The first-order chi connectivity index (χ1) is 6.53. The first-order valence-electron chi connectivity index (χ1n) is 5.28. The smallest absolute Gasteiger partial charge is 0.0601 e. The molecule has 0 radical (unpaired) electrons. The fraction of sp³-hybridized carbons (Fsp3) is 0.833. The van der Waals surface area contributed by atoms with Crippen molar-refractivity contribution < 1.29 is 0 Å². The van der Waals surface area contributed by atoms with Crippen LogP contribution in [0.1, 0.15) is 27.2 Å². The minimum atomic E-state index is 0.420. The van der Waals surface area contributed by atoms with Gasteiger partial charge in [0.1, 0.15) is 0 Å². The minimum Gasteiger partial charge on any atom is -0.288 e. The zero-order valence-corrected chi connectivity index (χ0v) is 10.4. The lowest BCUT2D eigenvalue weighted by Gasteiger charge is -2.37. The first kappa shape index (κ1) is 11.9. The fourth-order valence-corrected chi connectivity index (χ4v) is 2.29. The summed E-state index contributed by atoms with van der Waals surface area (Å²) in [6.07, 6.45) is 6.62. The highest BCUT2D eigenvalue weighted by Crippen LogP contribution is 2.25. The third-order valence-electron chi connectivity index (χ3n) is 2.58. The van der Waals surface area contributed by atoms with E-state index in [1.807, 2.05) is 11.8 Å². The van der Waals surface area contributed by atoms with Crippen molar-refractivity contribution >= 4 is 11.8 Å². The van der Waals surface area contributed by atoms with E-state index in [1.165, 1.54) is 17.9 Å². The lowest BCUT2D eigenvalue weighted by molar-refractivity contribution is 0.209. The van der Waals surface area contributed by atoms with Crippen LogP contribution < -0.4 is 0 Å². The van der Waals surface area contributed by atoms with Crippen molar-refractivity contribution in [2.75, 3.05) is 24.6 Å². The molecule has 0 amide bonds. The number of terminal acetylenes is 1. The number of nitrogens with zero attached hydrogens (tertiary/aromatic N) is 1. The van der Waals surface area contributed by atoms with Gasteiger partial charge in [-0.2, -0.15) is 11.8 Å². The number of thioether (sulfide) groups is 1. The van der Waals surface area contributed by atoms with Crippen LogP contribution in [0.3, 0.4) is 0 Å². The third-order valence-corrected chi connectivity index (χ3v) is 3.82. The van der Waals surface area contributed by atoms with Gasteiger partial charge in [-0.15, -0.1) is 6.42 Å². The van der Waals surface area contributed by atoms with E-state index in [4.69, 9.17) is 6.42 Å². The van der Waals surface area contributed by atoms with Crippen LogP contribution in [-0.2, 0) is 0 Å². The van der Waals surface area contributed by atoms with E-state index in [-0.39, 0.29) is 0 Å². The molecule has 0 N–H and O–H groups in total. The van der Waals surface area contributed by atoms with Gasteiger partial charge in [0, 0.05) is 17.5 Å². The zero-order chi connectivity index (χ0) is 10.6. The zero-order valence-electron chi connectivity index (χ0n) is 9.55. The Morgan fingerprint density at radius 3 is 2.43 bits per heavy atom. The van der Waals surface area contributed by atoms with Gasteiger partial charge in [-0.3, -0.25) is 4.90 Å².